The van der Waals surface area contributed by atoms with E-state index in [1.807, 2.05) is 25.1 Å². The van der Waals surface area contributed by atoms with Gasteiger partial charge in [-0.1, -0.05) is 0 Å². The Hall–Kier alpha value is -2.86. The van der Waals surface area contributed by atoms with E-state index in [4.69, 9.17) is 4.74 Å². The van der Waals surface area contributed by atoms with Crippen molar-refractivity contribution in [3.8, 4) is 5.75 Å². The van der Waals surface area contributed by atoms with Crippen molar-refractivity contribution < 1.29 is 27.8 Å². The Bertz CT molecular complexity index is 1200. The second-order valence-electron chi connectivity index (χ2n) is 11.0. The van der Waals surface area contributed by atoms with Crippen molar-refractivity contribution in [3.05, 3.63) is 36.0 Å². The number of alkyl halides is 3. The summed E-state index contributed by atoms with van der Waals surface area (Å²) in [6, 6.07) is 8.62. The number of aromatic nitrogens is 1. The fraction of sp³-hybridized carbons (Fsp3) is 0.571. The van der Waals surface area contributed by atoms with Gasteiger partial charge in [0.25, 0.3) is 11.8 Å². The van der Waals surface area contributed by atoms with Gasteiger partial charge in [-0.05, 0) is 80.3 Å². The van der Waals surface area contributed by atoms with Gasteiger partial charge in [0.05, 0.1) is 18.0 Å². The van der Waals surface area contributed by atoms with Gasteiger partial charge in [-0.15, -0.1) is 0 Å². The molecule has 2 aliphatic heterocycles. The van der Waals surface area contributed by atoms with Crippen LogP contribution in [0.3, 0.4) is 0 Å². The first kappa shape index (κ1) is 28.7. The number of nitrogens with one attached hydrogen (secondary N) is 2. The molecule has 3 N–H and O–H groups in total. The molecule has 40 heavy (non-hydrogen) atoms. The Kier molecular flexibility index (Phi) is 8.55. The highest BCUT2D eigenvalue weighted by atomic mass is 32.2. The molecule has 0 unspecified atom stereocenters. The van der Waals surface area contributed by atoms with Gasteiger partial charge >= 0.3 is 0 Å². The fourth-order valence-corrected chi connectivity index (χ4v) is 5.80. The van der Waals surface area contributed by atoms with E-state index in [0.717, 1.165) is 37.3 Å². The number of hydrogen-bond acceptors (Lipinski definition) is 8. The van der Waals surface area contributed by atoms with Gasteiger partial charge in [-0.25, -0.2) is 18.2 Å². The highest BCUT2D eigenvalue weighted by molar-refractivity contribution is 8.01. The number of hydrogen-bond donors (Lipinski definition) is 3. The predicted octanol–water partition coefficient (Wildman–Crippen LogP) is 5.70. The number of rotatable bonds is 10. The summed E-state index contributed by atoms with van der Waals surface area (Å²) in [6.45, 7) is 2.71. The van der Waals surface area contributed by atoms with Gasteiger partial charge in [0.1, 0.15) is 5.69 Å². The Labute approximate surface area is 236 Å². The molecule has 1 amide bonds. The number of anilines is 4. The zero-order valence-electron chi connectivity index (χ0n) is 22.6. The van der Waals surface area contributed by atoms with Crippen molar-refractivity contribution in [2.24, 2.45) is 5.41 Å². The summed E-state index contributed by atoms with van der Waals surface area (Å²) in [4.78, 5) is 21.7. The molecule has 3 heterocycles. The number of aliphatic hydroxyl groups is 1. The number of piperidine rings is 2. The minimum Gasteiger partial charge on any atom is -0.459 e. The maximum Gasteiger partial charge on any atom is 0.274 e. The van der Waals surface area contributed by atoms with E-state index >= 15 is 0 Å². The summed E-state index contributed by atoms with van der Waals surface area (Å²) in [5.41, 5.74) is 2.95. The van der Waals surface area contributed by atoms with Crippen LogP contribution in [0.5, 0.6) is 5.75 Å². The lowest BCUT2D eigenvalue weighted by Crippen LogP contribution is -2.40. The molecule has 0 radical (unpaired) electrons. The van der Waals surface area contributed by atoms with E-state index < -0.39 is 18.7 Å². The molecule has 1 aliphatic carbocycles. The first-order chi connectivity index (χ1) is 19.2. The normalized spacial score (nSPS) is 20.2. The van der Waals surface area contributed by atoms with Crippen molar-refractivity contribution in [2.45, 2.75) is 56.6 Å². The predicted molar refractivity (Wildman–Crippen MR) is 153 cm³/mol. The molecule has 0 bridgehead atoms. The van der Waals surface area contributed by atoms with Crippen LogP contribution in [0.2, 0.25) is 0 Å². The highest BCUT2D eigenvalue weighted by Crippen LogP contribution is 2.54. The van der Waals surface area contributed by atoms with Gasteiger partial charge < -0.3 is 29.7 Å². The van der Waals surface area contributed by atoms with E-state index in [9.17, 15) is 23.1 Å². The summed E-state index contributed by atoms with van der Waals surface area (Å²) in [7, 11) is 0. The standard InChI is InChI=1S/C28H36F3N5O3S/c1-19(17-37)40-34-20-2-3-21(23(16-20)35-12-8-27(6-7-27)9-13-35)33-26(38)22-4-5-24(39-18-29)25(32-22)36-14-10-28(30,31)11-15-36/h2-5,16,19,34,37H,6-15,17-18H2,1H3,(H,33,38)/t19-/m0/s1. The van der Waals surface area contributed by atoms with Crippen molar-refractivity contribution in [1.29, 1.82) is 0 Å². The quantitative estimate of drug-likeness (QED) is 0.309. The zero-order valence-corrected chi connectivity index (χ0v) is 23.4. The minimum atomic E-state index is -2.76. The summed E-state index contributed by atoms with van der Waals surface area (Å²) in [5, 5.41) is 12.4. The largest absolute Gasteiger partial charge is 0.459 e. The number of benzene rings is 1. The number of ether oxygens (including phenoxy) is 1. The van der Waals surface area contributed by atoms with E-state index in [1.54, 1.807) is 4.90 Å². The van der Waals surface area contributed by atoms with Crippen LogP contribution in [0.25, 0.3) is 0 Å². The maximum absolute atomic E-state index is 13.7. The zero-order chi connectivity index (χ0) is 28.3. The number of amides is 1. The molecule has 2 aromatic rings. The van der Waals surface area contributed by atoms with E-state index in [1.165, 1.54) is 36.9 Å². The molecule has 3 fully saturated rings. The van der Waals surface area contributed by atoms with Gasteiger partial charge in [0.15, 0.2) is 11.6 Å². The number of carbonyl (C=O) groups is 1. The van der Waals surface area contributed by atoms with Crippen LogP contribution >= 0.6 is 11.9 Å². The second kappa shape index (κ2) is 11.9. The van der Waals surface area contributed by atoms with Crippen molar-refractivity contribution in [2.75, 3.05) is 59.5 Å². The lowest BCUT2D eigenvalue weighted by Gasteiger charge is -2.35. The fourth-order valence-electron chi connectivity index (χ4n) is 5.26. The SMILES string of the molecule is C[C@@H](CO)SNc1ccc(NC(=O)c2ccc(OCF)c(N3CCC(F)(F)CC3)n2)c(N2CCC3(CC2)CC3)c1. The van der Waals surface area contributed by atoms with Gasteiger partial charge in [-0.2, -0.15) is 0 Å². The molecule has 2 saturated heterocycles. The number of halogens is 3. The van der Waals surface area contributed by atoms with Gasteiger partial charge in [0.2, 0.25) is 6.86 Å². The molecule has 1 aromatic heterocycles. The van der Waals surface area contributed by atoms with Crippen LogP contribution in [0.1, 0.15) is 55.9 Å². The molecule has 1 atom stereocenters. The summed E-state index contributed by atoms with van der Waals surface area (Å²) in [6.07, 6.45) is 4.10. The number of pyridine rings is 1. The maximum atomic E-state index is 13.7. The third-order valence-corrected chi connectivity index (χ3v) is 8.98. The molecule has 218 valence electrons. The Balaban J connectivity index is 1.37. The topological polar surface area (TPSA) is 90.0 Å². The molecular formula is C28H36F3N5O3S. The molecule has 1 saturated carbocycles. The highest BCUT2D eigenvalue weighted by Gasteiger charge is 2.44. The Morgan fingerprint density at radius 2 is 1.77 bits per heavy atom. The van der Waals surface area contributed by atoms with Crippen LogP contribution in [-0.4, -0.2) is 66.8 Å². The van der Waals surface area contributed by atoms with E-state index in [2.05, 4.69) is 19.9 Å². The minimum absolute atomic E-state index is 0.0169. The first-order valence-corrected chi connectivity index (χ1v) is 14.6. The lowest BCUT2D eigenvalue weighted by atomic mass is 9.93. The van der Waals surface area contributed by atoms with Crippen LogP contribution in [0.4, 0.5) is 36.1 Å². The van der Waals surface area contributed by atoms with Crippen molar-refractivity contribution >= 4 is 40.7 Å². The average Bonchev–Trinajstić information content (AvgIpc) is 3.71. The van der Waals surface area contributed by atoms with Crippen LogP contribution in [0, 0.1) is 5.41 Å². The third kappa shape index (κ3) is 6.71. The van der Waals surface area contributed by atoms with Crippen LogP contribution < -0.4 is 24.6 Å². The average molecular weight is 580 g/mol. The number of nitrogens with zero attached hydrogens (tertiary/aromatic N) is 3. The van der Waals surface area contributed by atoms with Crippen LogP contribution in [0.15, 0.2) is 30.3 Å². The monoisotopic (exact) mass is 579 g/mol. The molecule has 1 spiro atoms. The van der Waals surface area contributed by atoms with E-state index in [-0.39, 0.29) is 55.0 Å². The Morgan fingerprint density at radius 1 is 1.07 bits per heavy atom. The van der Waals surface area contributed by atoms with Gasteiger partial charge in [0, 0.05) is 50.0 Å². The molecule has 1 aromatic carbocycles. The second-order valence-corrected chi connectivity index (χ2v) is 12.2. The number of aliphatic hydroxyl groups excluding tert-OH is 1. The van der Waals surface area contributed by atoms with E-state index in [0.29, 0.717) is 11.1 Å². The van der Waals surface area contributed by atoms with Crippen molar-refractivity contribution in [3.63, 3.8) is 0 Å². The smallest absolute Gasteiger partial charge is 0.274 e. The summed E-state index contributed by atoms with van der Waals surface area (Å²) >= 11 is 1.43. The molecular weight excluding hydrogens is 543 g/mol. The molecule has 5 rings (SSSR count). The third-order valence-electron chi connectivity index (χ3n) is 8.08. The summed E-state index contributed by atoms with van der Waals surface area (Å²) < 4.78 is 48.8. The summed E-state index contributed by atoms with van der Waals surface area (Å²) in [5.74, 6) is -2.93. The lowest BCUT2D eigenvalue weighted by molar-refractivity contribution is -0.0222. The van der Waals surface area contributed by atoms with Gasteiger partial charge in [-0.3, -0.25) is 4.79 Å². The number of carbonyl (C=O) groups excluding carboxylic acids is 1. The molecule has 12 heteroatoms. The van der Waals surface area contributed by atoms with Crippen LogP contribution in [-0.2, 0) is 0 Å². The molecule has 8 nitrogen and oxygen atoms in total. The van der Waals surface area contributed by atoms with Crippen molar-refractivity contribution in [1.82, 2.24) is 4.98 Å². The first-order valence-electron chi connectivity index (χ1n) is 13.8. The molecule has 3 aliphatic rings. The Morgan fingerprint density at radius 3 is 2.42 bits per heavy atom.